The second kappa shape index (κ2) is 8.45. The number of amides is 1. The van der Waals surface area contributed by atoms with E-state index >= 15 is 0 Å². The van der Waals surface area contributed by atoms with Gasteiger partial charge < -0.3 is 10.1 Å². The molecule has 0 spiro atoms. The number of nitrogens with zero attached hydrogens (tertiary/aromatic N) is 3. The third kappa shape index (κ3) is 4.61. The van der Waals surface area contributed by atoms with E-state index in [9.17, 15) is 4.79 Å². The number of carbonyl (C=O) groups excluding carboxylic acids is 1. The molecule has 3 rings (SSSR count). The molecule has 0 bridgehead atoms. The number of hydrogen-bond donors (Lipinski definition) is 1. The van der Waals surface area contributed by atoms with Crippen LogP contribution in [-0.2, 0) is 4.79 Å². The summed E-state index contributed by atoms with van der Waals surface area (Å²) in [5.74, 6) is 1.31. The first kappa shape index (κ1) is 19.3. The Balaban J connectivity index is 1.71. The van der Waals surface area contributed by atoms with Gasteiger partial charge in [-0.25, -0.2) is 0 Å². The van der Waals surface area contributed by atoms with E-state index in [2.05, 4.69) is 15.5 Å². The molecule has 0 radical (unpaired) electrons. The molecule has 0 aliphatic rings. The maximum absolute atomic E-state index is 12.4. The summed E-state index contributed by atoms with van der Waals surface area (Å²) in [5, 5.41) is 12.3. The second-order valence-corrected chi connectivity index (χ2v) is 7.26. The average molecular weight is 403 g/mol. The predicted molar refractivity (Wildman–Crippen MR) is 108 cm³/mol. The van der Waals surface area contributed by atoms with E-state index in [1.807, 2.05) is 42.7 Å². The van der Waals surface area contributed by atoms with Gasteiger partial charge in [-0.05, 0) is 44.2 Å². The molecule has 0 aliphatic carbocycles. The van der Waals surface area contributed by atoms with E-state index in [1.54, 1.807) is 25.3 Å². The van der Waals surface area contributed by atoms with Crippen molar-refractivity contribution >= 4 is 35.0 Å². The molecule has 1 amide bonds. The Kier molecular flexibility index (Phi) is 6.03. The normalized spacial score (nSPS) is 10.7. The molecule has 1 aromatic heterocycles. The maximum atomic E-state index is 12.4. The van der Waals surface area contributed by atoms with Crippen LogP contribution in [0.5, 0.6) is 5.75 Å². The molecule has 1 heterocycles. The van der Waals surface area contributed by atoms with Crippen molar-refractivity contribution in [1.82, 2.24) is 14.8 Å². The van der Waals surface area contributed by atoms with Gasteiger partial charge in [-0.15, -0.1) is 10.2 Å². The summed E-state index contributed by atoms with van der Waals surface area (Å²) >= 11 is 7.31. The molecule has 6 nitrogen and oxygen atoms in total. The summed E-state index contributed by atoms with van der Waals surface area (Å²) < 4.78 is 7.18. The number of carbonyl (C=O) groups is 1. The van der Waals surface area contributed by atoms with Gasteiger partial charge in [-0.2, -0.15) is 0 Å². The van der Waals surface area contributed by atoms with Crippen LogP contribution in [0.2, 0.25) is 5.02 Å². The Bertz CT molecular complexity index is 957. The molecule has 3 aromatic rings. The first-order valence-corrected chi connectivity index (χ1v) is 9.59. The highest BCUT2D eigenvalue weighted by atomic mass is 35.5. The minimum atomic E-state index is -0.184. The van der Waals surface area contributed by atoms with Crippen LogP contribution in [0, 0.1) is 13.8 Å². The van der Waals surface area contributed by atoms with Crippen LogP contribution >= 0.6 is 23.4 Å². The van der Waals surface area contributed by atoms with E-state index in [1.165, 1.54) is 17.3 Å². The fourth-order valence-electron chi connectivity index (χ4n) is 2.52. The molecule has 0 unspecified atom stereocenters. The number of benzene rings is 2. The fourth-order valence-corrected chi connectivity index (χ4v) is 3.49. The highest BCUT2D eigenvalue weighted by molar-refractivity contribution is 7.99. The van der Waals surface area contributed by atoms with Gasteiger partial charge >= 0.3 is 0 Å². The van der Waals surface area contributed by atoms with Gasteiger partial charge in [0.25, 0.3) is 0 Å². The summed E-state index contributed by atoms with van der Waals surface area (Å²) in [6, 6.07) is 13.1. The van der Waals surface area contributed by atoms with Crippen molar-refractivity contribution in [3.8, 4) is 11.4 Å². The van der Waals surface area contributed by atoms with E-state index in [0.717, 1.165) is 11.5 Å². The van der Waals surface area contributed by atoms with E-state index in [-0.39, 0.29) is 11.7 Å². The van der Waals surface area contributed by atoms with Crippen LogP contribution in [0.4, 0.5) is 5.69 Å². The van der Waals surface area contributed by atoms with Crippen LogP contribution < -0.4 is 10.1 Å². The van der Waals surface area contributed by atoms with Crippen molar-refractivity contribution in [2.24, 2.45) is 0 Å². The minimum Gasteiger partial charge on any atom is -0.495 e. The molecular weight excluding hydrogens is 384 g/mol. The highest BCUT2D eigenvalue weighted by Crippen LogP contribution is 2.28. The van der Waals surface area contributed by atoms with Crippen LogP contribution in [0.1, 0.15) is 11.4 Å². The highest BCUT2D eigenvalue weighted by Gasteiger charge is 2.14. The largest absolute Gasteiger partial charge is 0.495 e. The van der Waals surface area contributed by atoms with Crippen LogP contribution in [0.15, 0.2) is 47.6 Å². The number of ether oxygens (including phenoxy) is 1. The molecule has 27 heavy (non-hydrogen) atoms. The first-order valence-electron chi connectivity index (χ1n) is 8.23. The van der Waals surface area contributed by atoms with Crippen molar-refractivity contribution in [2.75, 3.05) is 18.2 Å². The molecule has 1 N–H and O–H groups in total. The topological polar surface area (TPSA) is 69.0 Å². The molecule has 0 aliphatic heterocycles. The number of anilines is 1. The number of halogens is 1. The van der Waals surface area contributed by atoms with Crippen molar-refractivity contribution in [2.45, 2.75) is 19.0 Å². The number of aryl methyl sites for hydroxylation is 2. The lowest BCUT2D eigenvalue weighted by atomic mass is 10.2. The summed E-state index contributed by atoms with van der Waals surface area (Å²) in [6.45, 7) is 3.92. The molecule has 0 fully saturated rings. The van der Waals surface area contributed by atoms with Crippen molar-refractivity contribution < 1.29 is 9.53 Å². The summed E-state index contributed by atoms with van der Waals surface area (Å²) in [4.78, 5) is 12.4. The predicted octanol–water partition coefficient (Wildman–Crippen LogP) is 4.28. The van der Waals surface area contributed by atoms with E-state index < -0.39 is 0 Å². The maximum Gasteiger partial charge on any atom is 0.234 e. The van der Waals surface area contributed by atoms with Gasteiger partial charge in [0.2, 0.25) is 5.91 Å². The van der Waals surface area contributed by atoms with E-state index in [4.69, 9.17) is 16.3 Å². The Labute approximate surface area is 166 Å². The fraction of sp³-hybridized carbons (Fsp3) is 0.211. The lowest BCUT2D eigenvalue weighted by Crippen LogP contribution is -2.15. The van der Waals surface area contributed by atoms with Gasteiger partial charge in [-0.3, -0.25) is 9.36 Å². The van der Waals surface area contributed by atoms with Crippen LogP contribution in [0.25, 0.3) is 5.69 Å². The third-order valence-electron chi connectivity index (χ3n) is 3.86. The van der Waals surface area contributed by atoms with E-state index in [0.29, 0.717) is 21.6 Å². The molecule has 8 heteroatoms. The summed E-state index contributed by atoms with van der Waals surface area (Å²) in [7, 11) is 1.54. The standard InChI is InChI=1S/C19H19ClN4O2S/c1-12-4-7-15(8-5-12)24-13(2)22-23-19(24)27-11-18(25)21-16-10-14(20)6-9-17(16)26-3/h4-10H,11H2,1-3H3,(H,21,25). The van der Waals surface area contributed by atoms with Crippen molar-refractivity contribution in [3.05, 3.63) is 58.9 Å². The zero-order valence-corrected chi connectivity index (χ0v) is 16.8. The molecular formula is C19H19ClN4O2S. The summed E-state index contributed by atoms with van der Waals surface area (Å²) in [6.07, 6.45) is 0. The SMILES string of the molecule is COc1ccc(Cl)cc1NC(=O)CSc1nnc(C)n1-c1ccc(C)cc1. The number of rotatable bonds is 6. The molecule has 0 saturated carbocycles. The van der Waals surface area contributed by atoms with Gasteiger partial charge in [-0.1, -0.05) is 41.1 Å². The Morgan fingerprint density at radius 3 is 2.63 bits per heavy atom. The number of hydrogen-bond acceptors (Lipinski definition) is 5. The molecule has 0 saturated heterocycles. The summed E-state index contributed by atoms with van der Waals surface area (Å²) in [5.41, 5.74) is 2.67. The minimum absolute atomic E-state index is 0.180. The molecule has 2 aromatic carbocycles. The van der Waals surface area contributed by atoms with Gasteiger partial charge in [0.15, 0.2) is 5.16 Å². The monoisotopic (exact) mass is 402 g/mol. The second-order valence-electron chi connectivity index (χ2n) is 5.88. The Morgan fingerprint density at radius 1 is 1.19 bits per heavy atom. The number of aromatic nitrogens is 3. The van der Waals surface area contributed by atoms with Crippen LogP contribution in [0.3, 0.4) is 0 Å². The van der Waals surface area contributed by atoms with Crippen molar-refractivity contribution in [1.29, 1.82) is 0 Å². The number of thioether (sulfide) groups is 1. The lowest BCUT2D eigenvalue weighted by Gasteiger charge is -2.11. The van der Waals surface area contributed by atoms with Gasteiger partial charge in [0, 0.05) is 10.7 Å². The smallest absolute Gasteiger partial charge is 0.234 e. The van der Waals surface area contributed by atoms with Gasteiger partial charge in [0.05, 0.1) is 18.6 Å². The van der Waals surface area contributed by atoms with Crippen molar-refractivity contribution in [3.63, 3.8) is 0 Å². The molecule has 140 valence electrons. The van der Waals surface area contributed by atoms with Crippen LogP contribution in [-0.4, -0.2) is 33.5 Å². The Hall–Kier alpha value is -2.51. The zero-order chi connectivity index (χ0) is 19.4. The lowest BCUT2D eigenvalue weighted by molar-refractivity contribution is -0.113. The van der Waals surface area contributed by atoms with Gasteiger partial charge in [0.1, 0.15) is 11.6 Å². The first-order chi connectivity index (χ1) is 13.0. The zero-order valence-electron chi connectivity index (χ0n) is 15.2. The molecule has 0 atom stereocenters. The average Bonchev–Trinajstić information content (AvgIpc) is 3.01. The Morgan fingerprint density at radius 2 is 1.93 bits per heavy atom. The number of methoxy groups -OCH3 is 1. The quantitative estimate of drug-likeness (QED) is 0.623. The third-order valence-corrected chi connectivity index (χ3v) is 5.02. The number of nitrogens with one attached hydrogen (secondary N) is 1.